The molecule has 1 N–H and O–H groups in total. The third-order valence-electron chi connectivity index (χ3n) is 1.84. The summed E-state index contributed by atoms with van der Waals surface area (Å²) in [7, 11) is 0. The van der Waals surface area contributed by atoms with E-state index in [-0.39, 0.29) is 5.82 Å². The maximum absolute atomic E-state index is 12.6. The second-order valence-corrected chi connectivity index (χ2v) is 3.94. The van der Waals surface area contributed by atoms with Crippen LogP contribution in [0, 0.1) is 5.82 Å². The number of anilines is 2. The van der Waals surface area contributed by atoms with Gasteiger partial charge in [-0.25, -0.2) is 4.39 Å². The molecule has 0 atom stereocenters. The number of benzene rings is 1. The Hall–Kier alpha value is -1.42. The highest BCUT2D eigenvalue weighted by molar-refractivity contribution is 9.10. The molecule has 0 aliphatic heterocycles. The molecule has 0 spiro atoms. The first-order valence-corrected chi connectivity index (χ1v) is 5.16. The molecule has 0 aliphatic carbocycles. The van der Waals surface area contributed by atoms with Crippen LogP contribution in [-0.4, -0.2) is 4.98 Å². The minimum absolute atomic E-state index is 0.243. The van der Waals surface area contributed by atoms with Crippen LogP contribution in [-0.2, 0) is 0 Å². The highest BCUT2D eigenvalue weighted by Crippen LogP contribution is 2.19. The highest BCUT2D eigenvalue weighted by atomic mass is 79.9. The van der Waals surface area contributed by atoms with Gasteiger partial charge in [0.05, 0.1) is 11.9 Å². The maximum Gasteiger partial charge on any atom is 0.123 e. The monoisotopic (exact) mass is 266 g/mol. The summed E-state index contributed by atoms with van der Waals surface area (Å²) in [6.45, 7) is 0. The van der Waals surface area contributed by atoms with Crippen molar-refractivity contribution >= 4 is 27.3 Å². The third-order valence-corrected chi connectivity index (χ3v) is 2.27. The topological polar surface area (TPSA) is 24.9 Å². The van der Waals surface area contributed by atoms with Gasteiger partial charge in [0.1, 0.15) is 5.82 Å². The number of aromatic nitrogens is 1. The van der Waals surface area contributed by atoms with E-state index in [1.54, 1.807) is 24.5 Å². The number of nitrogens with one attached hydrogen (secondary N) is 1. The standard InChI is InChI=1S/C11H8BrFN2/c12-8-5-11(7-14-6-8)15-10-3-1-9(13)2-4-10/h1-7,15H. The molecule has 0 aliphatic rings. The molecular weight excluding hydrogens is 259 g/mol. The third kappa shape index (κ3) is 2.76. The van der Waals surface area contributed by atoms with Gasteiger partial charge in [-0.1, -0.05) is 0 Å². The van der Waals surface area contributed by atoms with Gasteiger partial charge in [0.25, 0.3) is 0 Å². The normalized spacial score (nSPS) is 10.0. The van der Waals surface area contributed by atoms with Crippen LogP contribution in [0.5, 0.6) is 0 Å². The van der Waals surface area contributed by atoms with E-state index in [0.29, 0.717) is 0 Å². The van der Waals surface area contributed by atoms with Crippen LogP contribution in [0.1, 0.15) is 0 Å². The SMILES string of the molecule is Fc1ccc(Nc2cncc(Br)c2)cc1. The molecule has 4 heteroatoms. The Balaban J connectivity index is 2.18. The summed E-state index contributed by atoms with van der Waals surface area (Å²) in [6.07, 6.45) is 3.41. The van der Waals surface area contributed by atoms with E-state index < -0.39 is 0 Å². The maximum atomic E-state index is 12.6. The molecule has 0 amide bonds. The molecule has 76 valence electrons. The largest absolute Gasteiger partial charge is 0.354 e. The van der Waals surface area contributed by atoms with Crippen LogP contribution in [0.3, 0.4) is 0 Å². The van der Waals surface area contributed by atoms with E-state index in [1.165, 1.54) is 12.1 Å². The van der Waals surface area contributed by atoms with Crippen LogP contribution >= 0.6 is 15.9 Å². The summed E-state index contributed by atoms with van der Waals surface area (Å²) in [5.74, 6) is -0.243. The van der Waals surface area contributed by atoms with Gasteiger partial charge in [-0.05, 0) is 46.3 Å². The Kier molecular flexibility index (Phi) is 2.97. The Bertz CT molecular complexity index is 456. The van der Waals surface area contributed by atoms with Crippen LogP contribution in [0.2, 0.25) is 0 Å². The predicted octanol–water partition coefficient (Wildman–Crippen LogP) is 3.73. The van der Waals surface area contributed by atoms with Crippen molar-refractivity contribution < 1.29 is 4.39 Å². The van der Waals surface area contributed by atoms with Crippen LogP contribution in [0.4, 0.5) is 15.8 Å². The second-order valence-electron chi connectivity index (χ2n) is 3.02. The Morgan fingerprint density at radius 1 is 1.07 bits per heavy atom. The average Bonchev–Trinajstić information content (AvgIpc) is 2.22. The summed E-state index contributed by atoms with van der Waals surface area (Å²) in [5.41, 5.74) is 1.69. The zero-order chi connectivity index (χ0) is 10.7. The molecule has 0 unspecified atom stereocenters. The molecule has 0 saturated heterocycles. The first kappa shape index (κ1) is 10.1. The molecule has 0 bridgehead atoms. The van der Waals surface area contributed by atoms with Gasteiger partial charge < -0.3 is 5.32 Å². The van der Waals surface area contributed by atoms with E-state index >= 15 is 0 Å². The van der Waals surface area contributed by atoms with E-state index in [4.69, 9.17) is 0 Å². The Labute approximate surface area is 95.3 Å². The lowest BCUT2D eigenvalue weighted by Gasteiger charge is -2.05. The quantitative estimate of drug-likeness (QED) is 0.896. The van der Waals surface area contributed by atoms with Gasteiger partial charge >= 0.3 is 0 Å². The minimum atomic E-state index is -0.243. The number of hydrogen-bond acceptors (Lipinski definition) is 2. The van der Waals surface area contributed by atoms with Crippen molar-refractivity contribution in [2.75, 3.05) is 5.32 Å². The van der Waals surface area contributed by atoms with Crippen molar-refractivity contribution in [2.45, 2.75) is 0 Å². The molecule has 0 radical (unpaired) electrons. The van der Waals surface area contributed by atoms with Crippen molar-refractivity contribution in [2.24, 2.45) is 0 Å². The summed E-state index contributed by atoms with van der Waals surface area (Å²) in [4.78, 5) is 4.01. The smallest absolute Gasteiger partial charge is 0.123 e. The van der Waals surface area contributed by atoms with Gasteiger partial charge in [-0.15, -0.1) is 0 Å². The molecular formula is C11H8BrFN2. The fourth-order valence-electron chi connectivity index (χ4n) is 1.18. The lowest BCUT2D eigenvalue weighted by atomic mass is 10.3. The highest BCUT2D eigenvalue weighted by Gasteiger charge is 1.96. The Morgan fingerprint density at radius 2 is 1.80 bits per heavy atom. The van der Waals surface area contributed by atoms with Crippen molar-refractivity contribution in [1.29, 1.82) is 0 Å². The van der Waals surface area contributed by atoms with Crippen molar-refractivity contribution in [3.8, 4) is 0 Å². The molecule has 1 heterocycles. The summed E-state index contributed by atoms with van der Waals surface area (Å²) in [6, 6.07) is 8.07. The molecule has 1 aromatic carbocycles. The molecule has 0 fully saturated rings. The van der Waals surface area contributed by atoms with Gasteiger partial charge in [0.15, 0.2) is 0 Å². The minimum Gasteiger partial charge on any atom is -0.354 e. The molecule has 2 rings (SSSR count). The number of rotatable bonds is 2. The van der Waals surface area contributed by atoms with Crippen LogP contribution in [0.15, 0.2) is 47.2 Å². The van der Waals surface area contributed by atoms with E-state index in [1.807, 2.05) is 6.07 Å². The zero-order valence-corrected chi connectivity index (χ0v) is 9.33. The van der Waals surface area contributed by atoms with Gasteiger partial charge in [0.2, 0.25) is 0 Å². The first-order chi connectivity index (χ1) is 7.24. The summed E-state index contributed by atoms with van der Waals surface area (Å²) >= 11 is 3.32. The average molecular weight is 267 g/mol. The number of halogens is 2. The number of pyridine rings is 1. The van der Waals surface area contributed by atoms with E-state index in [9.17, 15) is 4.39 Å². The second kappa shape index (κ2) is 4.40. The predicted molar refractivity (Wildman–Crippen MR) is 61.6 cm³/mol. The van der Waals surface area contributed by atoms with E-state index in [2.05, 4.69) is 26.2 Å². The van der Waals surface area contributed by atoms with Crippen molar-refractivity contribution in [1.82, 2.24) is 4.98 Å². The van der Waals surface area contributed by atoms with Gasteiger partial charge in [0, 0.05) is 16.4 Å². The molecule has 2 aromatic rings. The summed E-state index contributed by atoms with van der Waals surface area (Å²) < 4.78 is 13.5. The number of nitrogens with zero attached hydrogens (tertiary/aromatic N) is 1. The zero-order valence-electron chi connectivity index (χ0n) is 7.74. The molecule has 2 nitrogen and oxygen atoms in total. The van der Waals surface area contributed by atoms with Crippen molar-refractivity contribution in [3.05, 3.63) is 53.0 Å². The van der Waals surface area contributed by atoms with Crippen molar-refractivity contribution in [3.63, 3.8) is 0 Å². The fraction of sp³-hybridized carbons (Fsp3) is 0. The van der Waals surface area contributed by atoms with Gasteiger partial charge in [-0.3, -0.25) is 4.98 Å². The summed E-state index contributed by atoms with van der Waals surface area (Å²) in [5, 5.41) is 3.11. The lowest BCUT2D eigenvalue weighted by molar-refractivity contribution is 0.628. The Morgan fingerprint density at radius 3 is 2.47 bits per heavy atom. The lowest BCUT2D eigenvalue weighted by Crippen LogP contribution is -1.90. The molecule has 15 heavy (non-hydrogen) atoms. The first-order valence-electron chi connectivity index (χ1n) is 4.37. The van der Waals surface area contributed by atoms with E-state index in [0.717, 1.165) is 15.8 Å². The molecule has 0 saturated carbocycles. The van der Waals surface area contributed by atoms with Gasteiger partial charge in [-0.2, -0.15) is 0 Å². The molecule has 1 aromatic heterocycles. The van der Waals surface area contributed by atoms with Crippen LogP contribution in [0.25, 0.3) is 0 Å². The van der Waals surface area contributed by atoms with Crippen LogP contribution < -0.4 is 5.32 Å². The number of hydrogen-bond donors (Lipinski definition) is 1. The fourth-order valence-corrected chi connectivity index (χ4v) is 1.54.